The largest absolute Gasteiger partial charge is 0.488 e. The first kappa shape index (κ1) is 18.0. The molecule has 0 unspecified atom stereocenters. The number of ether oxygens (including phenoxy) is 1. The first-order valence-electron chi connectivity index (χ1n) is 8.41. The molecule has 1 aromatic heterocycles. The summed E-state index contributed by atoms with van der Waals surface area (Å²) in [6.45, 7) is 4.55. The Morgan fingerprint density at radius 1 is 1.40 bits per heavy atom. The number of hydrogen-bond acceptors (Lipinski definition) is 6. The lowest BCUT2D eigenvalue weighted by Crippen LogP contribution is -2.51. The molecular formula is C16H22FN5O2S. The van der Waals surface area contributed by atoms with Crippen molar-refractivity contribution >= 4 is 23.0 Å². The second kappa shape index (κ2) is 8.50. The van der Waals surface area contributed by atoms with Crippen LogP contribution >= 0.6 is 12.2 Å². The molecule has 0 aromatic carbocycles. The summed E-state index contributed by atoms with van der Waals surface area (Å²) in [5, 5.41) is 13.9. The molecule has 7 nitrogen and oxygen atoms in total. The van der Waals surface area contributed by atoms with Gasteiger partial charge in [0.15, 0.2) is 16.7 Å². The van der Waals surface area contributed by atoms with Crippen LogP contribution in [0.4, 0.5) is 4.39 Å². The minimum absolute atomic E-state index is 0.157. The normalized spacial score (nSPS) is 19.9. The number of β-amino-alcohol motifs (C(OH)–C–C–N with tert-alkyl or cyclic N) is 1. The number of aliphatic hydroxyl groups excluding tert-OH is 1. The lowest BCUT2D eigenvalue weighted by molar-refractivity contribution is 0.146. The van der Waals surface area contributed by atoms with Crippen molar-refractivity contribution in [1.29, 1.82) is 0 Å². The van der Waals surface area contributed by atoms with Crippen molar-refractivity contribution < 1.29 is 14.2 Å². The third-order valence-corrected chi connectivity index (χ3v) is 4.65. The Kier molecular flexibility index (Phi) is 6.11. The minimum atomic E-state index is -0.429. The van der Waals surface area contributed by atoms with E-state index in [-0.39, 0.29) is 12.4 Å². The highest BCUT2D eigenvalue weighted by molar-refractivity contribution is 7.80. The molecule has 0 spiro atoms. The van der Waals surface area contributed by atoms with E-state index in [1.165, 1.54) is 12.3 Å². The first-order valence-corrected chi connectivity index (χ1v) is 8.82. The number of aliphatic hydroxyl groups is 1. The van der Waals surface area contributed by atoms with Gasteiger partial charge in [0.2, 0.25) is 0 Å². The fourth-order valence-corrected chi connectivity index (χ4v) is 3.14. The number of halogens is 1. The summed E-state index contributed by atoms with van der Waals surface area (Å²) in [5.74, 6) is -0.272. The summed E-state index contributed by atoms with van der Waals surface area (Å²) in [4.78, 5) is 8.45. The van der Waals surface area contributed by atoms with Crippen LogP contribution < -0.4 is 10.2 Å². The Balaban J connectivity index is 1.64. The van der Waals surface area contributed by atoms with Crippen molar-refractivity contribution in [3.63, 3.8) is 0 Å². The maximum atomic E-state index is 13.9. The molecule has 0 radical (unpaired) electrons. The van der Waals surface area contributed by atoms with E-state index in [4.69, 9.17) is 22.1 Å². The predicted molar refractivity (Wildman–Crippen MR) is 96.3 cm³/mol. The van der Waals surface area contributed by atoms with E-state index in [1.807, 2.05) is 4.90 Å². The monoisotopic (exact) mass is 367 g/mol. The Bertz CT molecular complexity index is 649. The highest BCUT2D eigenvalue weighted by Crippen LogP contribution is 2.25. The Labute approximate surface area is 151 Å². The topological polar surface area (TPSA) is 73.2 Å². The number of pyridine rings is 1. The Morgan fingerprint density at radius 2 is 2.20 bits per heavy atom. The smallest absolute Gasteiger partial charge is 0.189 e. The number of fused-ring (bicyclic) bond motifs is 1. The van der Waals surface area contributed by atoms with Crippen LogP contribution in [0.1, 0.15) is 18.5 Å². The van der Waals surface area contributed by atoms with Crippen LogP contribution in [0.15, 0.2) is 17.4 Å². The van der Waals surface area contributed by atoms with Crippen molar-refractivity contribution in [3.8, 4) is 5.75 Å². The van der Waals surface area contributed by atoms with Crippen LogP contribution in [0.3, 0.4) is 0 Å². The number of piperazine rings is 1. The molecule has 1 saturated heterocycles. The zero-order chi connectivity index (χ0) is 17.6. The quantitative estimate of drug-likeness (QED) is 0.598. The summed E-state index contributed by atoms with van der Waals surface area (Å²) in [6, 6.07) is 1.28. The minimum Gasteiger partial charge on any atom is -0.488 e. The van der Waals surface area contributed by atoms with E-state index in [2.05, 4.69) is 20.4 Å². The third-order valence-electron chi connectivity index (χ3n) is 4.30. The summed E-state index contributed by atoms with van der Waals surface area (Å²) in [5.41, 5.74) is 3.99. The zero-order valence-electron chi connectivity index (χ0n) is 13.9. The highest BCUT2D eigenvalue weighted by Gasteiger charge is 2.21. The molecule has 25 heavy (non-hydrogen) atoms. The molecule has 1 fully saturated rings. The number of aromatic nitrogens is 1. The van der Waals surface area contributed by atoms with Gasteiger partial charge >= 0.3 is 0 Å². The van der Waals surface area contributed by atoms with Gasteiger partial charge in [0.1, 0.15) is 5.69 Å². The average molecular weight is 367 g/mol. The van der Waals surface area contributed by atoms with Gasteiger partial charge < -0.3 is 14.7 Å². The van der Waals surface area contributed by atoms with E-state index < -0.39 is 5.82 Å². The molecule has 2 aliphatic rings. The molecule has 0 amide bonds. The molecule has 3 rings (SSSR count). The molecule has 9 heteroatoms. The van der Waals surface area contributed by atoms with Crippen LogP contribution in [-0.4, -0.2) is 76.7 Å². The van der Waals surface area contributed by atoms with Gasteiger partial charge in [-0.1, -0.05) is 0 Å². The molecule has 0 saturated carbocycles. The maximum absolute atomic E-state index is 13.9. The predicted octanol–water partition coefficient (Wildman–Crippen LogP) is 0.582. The van der Waals surface area contributed by atoms with Gasteiger partial charge in [0, 0.05) is 38.9 Å². The molecule has 2 aliphatic heterocycles. The van der Waals surface area contributed by atoms with Crippen LogP contribution in [0.25, 0.3) is 0 Å². The number of nitrogens with zero attached hydrogens (tertiary/aromatic N) is 4. The van der Waals surface area contributed by atoms with E-state index in [9.17, 15) is 4.39 Å². The van der Waals surface area contributed by atoms with Crippen LogP contribution in [-0.2, 0) is 0 Å². The van der Waals surface area contributed by atoms with Crippen molar-refractivity contribution in [2.45, 2.75) is 12.8 Å². The molecule has 0 bridgehead atoms. The van der Waals surface area contributed by atoms with Gasteiger partial charge in [-0.15, -0.1) is 0 Å². The molecule has 2 N–H and O–H groups in total. The van der Waals surface area contributed by atoms with Gasteiger partial charge in [0.05, 0.1) is 18.9 Å². The second-order valence-electron chi connectivity index (χ2n) is 5.95. The van der Waals surface area contributed by atoms with E-state index in [0.29, 0.717) is 36.1 Å². The molecule has 136 valence electrons. The SMILES string of the molecule is OCCN1CCN(C(=S)N/N=C2/CCCOc3c(F)ccnc32)CC1. The molecule has 3 heterocycles. The summed E-state index contributed by atoms with van der Waals surface area (Å²) in [6.07, 6.45) is 2.79. The van der Waals surface area contributed by atoms with Gasteiger partial charge in [-0.2, -0.15) is 5.10 Å². The number of rotatable bonds is 3. The van der Waals surface area contributed by atoms with E-state index in [0.717, 1.165) is 32.6 Å². The first-order chi connectivity index (χ1) is 12.2. The van der Waals surface area contributed by atoms with Crippen molar-refractivity contribution in [1.82, 2.24) is 20.2 Å². The van der Waals surface area contributed by atoms with Crippen LogP contribution in [0.2, 0.25) is 0 Å². The standard InChI is InChI=1S/C16H22FN5O2S/c17-12-3-4-18-14-13(2-1-11-24-15(12)14)19-20-16(25)22-7-5-21(6-8-22)9-10-23/h3-4,23H,1-2,5-11H2,(H,20,25)/b19-13-. The number of hydrogen-bond donors (Lipinski definition) is 2. The lowest BCUT2D eigenvalue weighted by atomic mass is 10.1. The van der Waals surface area contributed by atoms with Gasteiger partial charge in [-0.25, -0.2) is 4.39 Å². The van der Waals surface area contributed by atoms with Crippen LogP contribution in [0, 0.1) is 5.82 Å². The van der Waals surface area contributed by atoms with Gasteiger partial charge in [0.25, 0.3) is 0 Å². The molecule has 0 aliphatic carbocycles. The Hall–Kier alpha value is -1.84. The second-order valence-corrected chi connectivity index (χ2v) is 6.34. The fourth-order valence-electron chi connectivity index (χ4n) is 2.91. The third kappa shape index (κ3) is 4.42. The number of hydrazone groups is 1. The van der Waals surface area contributed by atoms with Crippen molar-refractivity contribution in [3.05, 3.63) is 23.8 Å². The van der Waals surface area contributed by atoms with Gasteiger partial charge in [-0.3, -0.25) is 15.3 Å². The number of nitrogens with one attached hydrogen (secondary N) is 1. The molecule has 1 aromatic rings. The van der Waals surface area contributed by atoms with E-state index >= 15 is 0 Å². The van der Waals surface area contributed by atoms with Crippen LogP contribution in [0.5, 0.6) is 5.75 Å². The fraction of sp³-hybridized carbons (Fsp3) is 0.562. The summed E-state index contributed by atoms with van der Waals surface area (Å²) < 4.78 is 19.4. The summed E-state index contributed by atoms with van der Waals surface area (Å²) >= 11 is 5.42. The average Bonchev–Trinajstić information content (AvgIpc) is 2.84. The van der Waals surface area contributed by atoms with Crippen molar-refractivity contribution in [2.24, 2.45) is 5.10 Å². The van der Waals surface area contributed by atoms with E-state index in [1.54, 1.807) is 0 Å². The Morgan fingerprint density at radius 3 is 2.96 bits per heavy atom. The molecule has 0 atom stereocenters. The number of thiocarbonyl (C=S) groups is 1. The van der Waals surface area contributed by atoms with Gasteiger partial charge in [-0.05, 0) is 31.1 Å². The maximum Gasteiger partial charge on any atom is 0.189 e. The highest BCUT2D eigenvalue weighted by atomic mass is 32.1. The molecular weight excluding hydrogens is 345 g/mol. The lowest BCUT2D eigenvalue weighted by Gasteiger charge is -2.35. The summed E-state index contributed by atoms with van der Waals surface area (Å²) in [7, 11) is 0. The van der Waals surface area contributed by atoms with Crippen molar-refractivity contribution in [2.75, 3.05) is 45.9 Å². The zero-order valence-corrected chi connectivity index (χ0v) is 14.8.